The lowest BCUT2D eigenvalue weighted by Gasteiger charge is -2.18. The van der Waals surface area contributed by atoms with Crippen molar-refractivity contribution in [3.8, 4) is 28.7 Å². The maximum Gasteiger partial charge on any atom is 0.307 e. The predicted octanol–water partition coefficient (Wildman–Crippen LogP) is 3.34. The van der Waals surface area contributed by atoms with Crippen LogP contribution in [0.1, 0.15) is 28.9 Å². The molecule has 1 atom stereocenters. The second-order valence-electron chi connectivity index (χ2n) is 9.86. The highest BCUT2D eigenvalue weighted by molar-refractivity contribution is 5.81. The van der Waals surface area contributed by atoms with E-state index in [0.717, 1.165) is 5.56 Å². The predicted molar refractivity (Wildman–Crippen MR) is 147 cm³/mol. The van der Waals surface area contributed by atoms with Gasteiger partial charge in [0.05, 0.1) is 23.2 Å². The van der Waals surface area contributed by atoms with Gasteiger partial charge in [0, 0.05) is 31.3 Å². The topological polar surface area (TPSA) is 159 Å². The largest absolute Gasteiger partial charge is 0.481 e. The molecule has 0 radical (unpaired) electrons. The van der Waals surface area contributed by atoms with Crippen molar-refractivity contribution in [1.82, 2.24) is 34.4 Å². The summed E-state index contributed by atoms with van der Waals surface area (Å²) >= 11 is 0. The number of aliphatic carboxylic acids is 1. The minimum absolute atomic E-state index is 0.0851. The number of nitrogens with zero attached hydrogens (tertiary/aromatic N) is 8. The Morgan fingerprint density at radius 3 is 2.80 bits per heavy atom. The van der Waals surface area contributed by atoms with Gasteiger partial charge in [0.2, 0.25) is 0 Å². The molecule has 3 aromatic heterocycles. The van der Waals surface area contributed by atoms with Crippen molar-refractivity contribution in [3.05, 3.63) is 89.4 Å². The molecular formula is C29H24FN9O2. The number of fused-ring (bicyclic) bond motifs is 1. The molecule has 2 aromatic carbocycles. The van der Waals surface area contributed by atoms with Crippen molar-refractivity contribution in [2.75, 3.05) is 18.8 Å². The number of nitriles is 1. The van der Waals surface area contributed by atoms with Gasteiger partial charge < -0.3 is 10.8 Å². The summed E-state index contributed by atoms with van der Waals surface area (Å²) in [6, 6.07) is 15.7. The van der Waals surface area contributed by atoms with Crippen molar-refractivity contribution in [2.45, 2.75) is 19.4 Å². The van der Waals surface area contributed by atoms with Crippen LogP contribution in [0.15, 0.2) is 61.1 Å². The molecule has 4 heterocycles. The molecule has 1 aliphatic rings. The molecule has 0 spiro atoms. The lowest BCUT2D eigenvalue weighted by Crippen LogP contribution is -2.23. The highest BCUT2D eigenvalue weighted by Crippen LogP contribution is 2.32. The quantitative estimate of drug-likeness (QED) is 0.308. The van der Waals surface area contributed by atoms with Gasteiger partial charge in [-0.2, -0.15) is 10.4 Å². The first-order chi connectivity index (χ1) is 19.9. The molecule has 41 heavy (non-hydrogen) atoms. The summed E-state index contributed by atoms with van der Waals surface area (Å²) in [4.78, 5) is 31.1. The molecule has 0 unspecified atom stereocenters. The number of aromatic nitrogens is 6. The smallest absolute Gasteiger partial charge is 0.307 e. The van der Waals surface area contributed by atoms with Crippen LogP contribution in [0.25, 0.3) is 28.3 Å². The number of hydrogen-bond donors (Lipinski definition) is 2. The Bertz CT molecular complexity index is 1820. The summed E-state index contributed by atoms with van der Waals surface area (Å²) in [5.74, 6) is -1.19. The third kappa shape index (κ3) is 5.06. The molecule has 0 bridgehead atoms. The summed E-state index contributed by atoms with van der Waals surface area (Å²) in [5, 5.41) is 23.5. The number of benzene rings is 2. The number of carboxylic acids is 1. The van der Waals surface area contributed by atoms with Gasteiger partial charge in [-0.1, -0.05) is 24.3 Å². The van der Waals surface area contributed by atoms with E-state index in [0.29, 0.717) is 65.7 Å². The van der Waals surface area contributed by atoms with Gasteiger partial charge in [-0.15, -0.1) is 0 Å². The van der Waals surface area contributed by atoms with E-state index in [1.165, 1.54) is 12.4 Å². The Morgan fingerprint density at radius 1 is 1.20 bits per heavy atom. The highest BCUT2D eigenvalue weighted by atomic mass is 19.1. The number of carbonyl (C=O) groups is 1. The van der Waals surface area contributed by atoms with E-state index in [4.69, 9.17) is 10.8 Å². The SMILES string of the molecule is N#Cc1cccc(-c2nc(N)c3nc(Cc4c(F)cccc4CN4CC[C@H](C(=O)O)C4)nn3c2-c2ccncn2)c1. The molecule has 3 N–H and O–H groups in total. The molecule has 6 rings (SSSR count). The monoisotopic (exact) mass is 549 g/mol. The number of anilines is 1. The fourth-order valence-electron chi connectivity index (χ4n) is 5.20. The van der Waals surface area contributed by atoms with Crippen LogP contribution in [-0.2, 0) is 17.8 Å². The summed E-state index contributed by atoms with van der Waals surface area (Å²) < 4.78 is 16.7. The van der Waals surface area contributed by atoms with E-state index in [2.05, 4.69) is 26.0 Å². The Labute approximate surface area is 233 Å². The van der Waals surface area contributed by atoms with Gasteiger partial charge in [-0.05, 0) is 48.4 Å². The van der Waals surface area contributed by atoms with Crippen LogP contribution in [-0.4, -0.2) is 58.6 Å². The fourth-order valence-corrected chi connectivity index (χ4v) is 5.20. The van der Waals surface area contributed by atoms with Crippen molar-refractivity contribution in [2.24, 2.45) is 5.92 Å². The zero-order valence-corrected chi connectivity index (χ0v) is 21.8. The zero-order valence-electron chi connectivity index (χ0n) is 21.8. The van der Waals surface area contributed by atoms with Crippen LogP contribution in [0.2, 0.25) is 0 Å². The first kappa shape index (κ1) is 26.0. The fraction of sp³-hybridized carbons (Fsp3) is 0.207. The van der Waals surface area contributed by atoms with Crippen LogP contribution in [0.4, 0.5) is 10.2 Å². The number of rotatable bonds is 7. The molecule has 5 aromatic rings. The first-order valence-corrected chi connectivity index (χ1v) is 12.9. The van der Waals surface area contributed by atoms with Crippen LogP contribution in [0.5, 0.6) is 0 Å². The normalized spacial score (nSPS) is 15.3. The van der Waals surface area contributed by atoms with Gasteiger partial charge >= 0.3 is 5.97 Å². The Morgan fingerprint density at radius 2 is 2.05 bits per heavy atom. The summed E-state index contributed by atoms with van der Waals surface area (Å²) in [6.07, 6.45) is 3.65. The highest BCUT2D eigenvalue weighted by Gasteiger charge is 2.29. The van der Waals surface area contributed by atoms with Gasteiger partial charge in [0.25, 0.3) is 0 Å². The van der Waals surface area contributed by atoms with E-state index in [9.17, 15) is 15.2 Å². The number of hydrogen-bond acceptors (Lipinski definition) is 9. The van der Waals surface area contributed by atoms with Gasteiger partial charge in [-0.25, -0.2) is 28.8 Å². The van der Waals surface area contributed by atoms with E-state index in [-0.39, 0.29) is 17.9 Å². The maximum atomic E-state index is 15.2. The first-order valence-electron chi connectivity index (χ1n) is 12.9. The molecular weight excluding hydrogens is 525 g/mol. The Kier molecular flexibility index (Phi) is 6.78. The standard InChI is InChI=1S/C29H24FN9O2/c30-22-6-2-5-19(14-38-10-8-20(15-38)29(40)41)21(22)12-24-35-28-27(32)36-25(18-4-1-3-17(11-18)13-31)26(39(28)37-24)23-7-9-33-16-34-23/h1-7,9,11,16,20H,8,10,12,14-15H2,(H2,32,36)(H,40,41)/t20-/m0/s1. The van der Waals surface area contributed by atoms with Crippen molar-refractivity contribution < 1.29 is 14.3 Å². The average molecular weight is 550 g/mol. The molecule has 1 saturated heterocycles. The minimum atomic E-state index is -0.815. The maximum absolute atomic E-state index is 15.2. The van der Waals surface area contributed by atoms with Crippen LogP contribution < -0.4 is 5.73 Å². The Hall–Kier alpha value is -5.28. The molecule has 1 aliphatic heterocycles. The van der Waals surface area contributed by atoms with Crippen molar-refractivity contribution in [1.29, 1.82) is 5.26 Å². The second kappa shape index (κ2) is 10.7. The van der Waals surface area contributed by atoms with Gasteiger partial charge in [-0.3, -0.25) is 9.69 Å². The van der Waals surface area contributed by atoms with Crippen LogP contribution >= 0.6 is 0 Å². The number of carboxylic acid groups (broad SMARTS) is 1. The Balaban J connectivity index is 1.43. The molecule has 0 amide bonds. The molecule has 0 saturated carbocycles. The van der Waals surface area contributed by atoms with Crippen molar-refractivity contribution in [3.63, 3.8) is 0 Å². The number of nitrogens with two attached hydrogens (primary N) is 1. The number of halogens is 1. The summed E-state index contributed by atoms with van der Waals surface area (Å²) in [5.41, 5.74) is 10.4. The molecule has 11 nitrogen and oxygen atoms in total. The third-order valence-electron chi connectivity index (χ3n) is 7.20. The van der Waals surface area contributed by atoms with Crippen molar-refractivity contribution >= 4 is 17.4 Å². The lowest BCUT2D eigenvalue weighted by atomic mass is 10.0. The lowest BCUT2D eigenvalue weighted by molar-refractivity contribution is -0.141. The molecule has 1 fully saturated rings. The van der Waals surface area contributed by atoms with Gasteiger partial charge in [0.15, 0.2) is 17.3 Å². The zero-order chi connectivity index (χ0) is 28.5. The van der Waals surface area contributed by atoms with E-state index < -0.39 is 17.7 Å². The minimum Gasteiger partial charge on any atom is -0.481 e. The van der Waals surface area contributed by atoms with Gasteiger partial charge in [0.1, 0.15) is 23.5 Å². The van der Waals surface area contributed by atoms with Crippen LogP contribution in [0, 0.1) is 23.1 Å². The van der Waals surface area contributed by atoms with E-state index >= 15 is 4.39 Å². The third-order valence-corrected chi connectivity index (χ3v) is 7.20. The van der Waals surface area contributed by atoms with E-state index in [1.54, 1.807) is 41.0 Å². The molecule has 12 heteroatoms. The average Bonchev–Trinajstić information content (AvgIpc) is 3.63. The number of nitrogen functional groups attached to an aromatic ring is 1. The van der Waals surface area contributed by atoms with Crippen LogP contribution in [0.3, 0.4) is 0 Å². The number of likely N-dealkylation sites (tertiary alicyclic amines) is 1. The molecule has 0 aliphatic carbocycles. The second-order valence-corrected chi connectivity index (χ2v) is 9.86. The summed E-state index contributed by atoms with van der Waals surface area (Å²) in [6.45, 7) is 1.46. The summed E-state index contributed by atoms with van der Waals surface area (Å²) in [7, 11) is 0. The van der Waals surface area contributed by atoms with E-state index in [1.807, 2.05) is 17.0 Å². The molecule has 204 valence electrons.